The second-order valence-corrected chi connectivity index (χ2v) is 6.82. The molecule has 2 amide bonds. The number of nitrogens with zero attached hydrogens (tertiary/aromatic N) is 2. The average Bonchev–Trinajstić information content (AvgIpc) is 2.69. The van der Waals surface area contributed by atoms with Crippen LogP contribution in [0, 0.1) is 0 Å². The molecule has 0 aromatic heterocycles. The largest absolute Gasteiger partial charge is 0.395 e. The van der Waals surface area contributed by atoms with Crippen LogP contribution < -0.4 is 5.32 Å². The van der Waals surface area contributed by atoms with Crippen molar-refractivity contribution >= 4 is 22.6 Å². The highest BCUT2D eigenvalue weighted by Crippen LogP contribution is 2.22. The molecule has 1 aliphatic rings. The molecule has 1 heterocycles. The quantitative estimate of drug-likeness (QED) is 0.773. The molecule has 6 nitrogen and oxygen atoms in total. The van der Waals surface area contributed by atoms with E-state index in [0.29, 0.717) is 32.7 Å². The van der Waals surface area contributed by atoms with Gasteiger partial charge in [-0.2, -0.15) is 0 Å². The number of amides is 2. The van der Waals surface area contributed by atoms with Gasteiger partial charge in [-0.25, -0.2) is 0 Å². The fourth-order valence-electron chi connectivity index (χ4n) is 3.70. The average molecular weight is 369 g/mol. The van der Waals surface area contributed by atoms with Gasteiger partial charge in [0.15, 0.2) is 0 Å². The minimum absolute atomic E-state index is 0.0733. The number of piperazine rings is 1. The summed E-state index contributed by atoms with van der Waals surface area (Å²) in [4.78, 5) is 28.8. The molecule has 1 atom stereocenters. The molecule has 27 heavy (non-hydrogen) atoms. The zero-order valence-electron chi connectivity index (χ0n) is 15.7. The monoisotopic (exact) mass is 369 g/mol. The zero-order chi connectivity index (χ0) is 19.2. The molecule has 3 rings (SSSR count). The van der Waals surface area contributed by atoms with Crippen LogP contribution in [0.1, 0.15) is 18.9 Å². The lowest BCUT2D eigenvalue weighted by Gasteiger charge is -2.36. The van der Waals surface area contributed by atoms with Crippen molar-refractivity contribution in [3.05, 3.63) is 48.0 Å². The molecule has 1 aliphatic heterocycles. The minimum Gasteiger partial charge on any atom is -0.395 e. The molecule has 2 aromatic rings. The summed E-state index contributed by atoms with van der Waals surface area (Å²) >= 11 is 0. The highest BCUT2D eigenvalue weighted by molar-refractivity contribution is 5.89. The molecule has 0 aliphatic carbocycles. The second kappa shape index (κ2) is 8.97. The van der Waals surface area contributed by atoms with Crippen molar-refractivity contribution < 1.29 is 14.7 Å². The highest BCUT2D eigenvalue weighted by Gasteiger charge is 2.32. The van der Waals surface area contributed by atoms with Crippen LogP contribution in [-0.4, -0.2) is 65.5 Å². The summed E-state index contributed by atoms with van der Waals surface area (Å²) in [5.41, 5.74) is 1.16. The van der Waals surface area contributed by atoms with Crippen LogP contribution in [0.3, 0.4) is 0 Å². The molecule has 1 saturated heterocycles. The van der Waals surface area contributed by atoms with Gasteiger partial charge in [0, 0.05) is 32.7 Å². The van der Waals surface area contributed by atoms with Crippen LogP contribution in [0.2, 0.25) is 0 Å². The first-order valence-electron chi connectivity index (χ1n) is 9.51. The van der Waals surface area contributed by atoms with Crippen molar-refractivity contribution in [1.29, 1.82) is 0 Å². The Balaban J connectivity index is 1.79. The molecule has 2 aromatic carbocycles. The van der Waals surface area contributed by atoms with E-state index in [0.717, 1.165) is 5.56 Å². The molecule has 0 radical (unpaired) electrons. The Morgan fingerprint density at radius 3 is 2.81 bits per heavy atom. The first-order valence-corrected chi connectivity index (χ1v) is 9.51. The summed E-state index contributed by atoms with van der Waals surface area (Å²) in [6, 6.07) is 13.9. The first kappa shape index (κ1) is 19.3. The van der Waals surface area contributed by atoms with Crippen LogP contribution in [0.25, 0.3) is 10.8 Å². The smallest absolute Gasteiger partial charge is 0.237 e. The first-order chi connectivity index (χ1) is 13.1. The maximum atomic E-state index is 12.6. The topological polar surface area (TPSA) is 72.9 Å². The van der Waals surface area contributed by atoms with E-state index >= 15 is 0 Å². The Morgan fingerprint density at radius 1 is 1.26 bits per heavy atom. The number of rotatable bonds is 7. The summed E-state index contributed by atoms with van der Waals surface area (Å²) in [7, 11) is 0. The molecule has 0 spiro atoms. The standard InChI is InChI=1S/C21H27N3O3/c1-2-23(12-13-25)20(26)14-19-21(27)22-10-11-24(19)15-17-8-5-7-16-6-3-4-9-18(16)17/h3-9,19,25H,2,10-15H2,1H3,(H,22,27)/t19-/m1/s1. The van der Waals surface area contributed by atoms with Crippen molar-refractivity contribution in [1.82, 2.24) is 15.1 Å². The second-order valence-electron chi connectivity index (χ2n) is 6.82. The van der Waals surface area contributed by atoms with Crippen molar-refractivity contribution in [2.75, 3.05) is 32.8 Å². The van der Waals surface area contributed by atoms with E-state index in [1.807, 2.05) is 25.1 Å². The SMILES string of the molecule is CCN(CCO)C(=O)C[C@@H]1C(=O)NCCN1Cc1cccc2ccccc12. The lowest BCUT2D eigenvalue weighted by atomic mass is 10.0. The molecule has 1 fully saturated rings. The number of carbonyl (C=O) groups is 2. The molecule has 0 unspecified atom stereocenters. The van der Waals surface area contributed by atoms with Crippen LogP contribution in [0.15, 0.2) is 42.5 Å². The molecule has 6 heteroatoms. The number of aliphatic hydroxyl groups is 1. The van der Waals surface area contributed by atoms with Crippen molar-refractivity contribution in [3.8, 4) is 0 Å². The van der Waals surface area contributed by atoms with Crippen LogP contribution in [0.4, 0.5) is 0 Å². The van der Waals surface area contributed by atoms with Gasteiger partial charge in [0.2, 0.25) is 11.8 Å². The fourth-order valence-corrected chi connectivity index (χ4v) is 3.70. The Kier molecular flexibility index (Phi) is 6.42. The number of likely N-dealkylation sites (N-methyl/N-ethyl adjacent to an activating group) is 1. The van der Waals surface area contributed by atoms with Gasteiger partial charge in [0.05, 0.1) is 19.1 Å². The number of aliphatic hydroxyl groups excluding tert-OH is 1. The third kappa shape index (κ3) is 4.46. The zero-order valence-corrected chi connectivity index (χ0v) is 15.7. The number of hydrogen-bond acceptors (Lipinski definition) is 4. The third-order valence-corrected chi connectivity index (χ3v) is 5.17. The van der Waals surface area contributed by atoms with Crippen LogP contribution >= 0.6 is 0 Å². The van der Waals surface area contributed by atoms with Gasteiger partial charge in [-0.15, -0.1) is 0 Å². The number of hydrogen-bond donors (Lipinski definition) is 2. The molecule has 144 valence electrons. The predicted molar refractivity (Wildman–Crippen MR) is 105 cm³/mol. The number of fused-ring (bicyclic) bond motifs is 1. The molecule has 0 saturated carbocycles. The van der Waals surface area contributed by atoms with E-state index in [2.05, 4.69) is 34.5 Å². The van der Waals surface area contributed by atoms with Crippen LogP contribution in [-0.2, 0) is 16.1 Å². The van der Waals surface area contributed by atoms with Gasteiger partial charge < -0.3 is 15.3 Å². The Morgan fingerprint density at radius 2 is 2.04 bits per heavy atom. The van der Waals surface area contributed by atoms with E-state index in [1.54, 1.807) is 4.90 Å². The minimum atomic E-state index is -0.488. The summed E-state index contributed by atoms with van der Waals surface area (Å²) in [5, 5.41) is 14.4. The molecule has 2 N–H and O–H groups in total. The predicted octanol–water partition coefficient (Wildman–Crippen LogP) is 1.37. The molecule has 0 bridgehead atoms. The Hall–Kier alpha value is -2.44. The lowest BCUT2D eigenvalue weighted by Crippen LogP contribution is -2.56. The fraction of sp³-hybridized carbons (Fsp3) is 0.429. The number of nitrogens with one attached hydrogen (secondary N) is 1. The normalized spacial score (nSPS) is 17.7. The van der Waals surface area contributed by atoms with Crippen molar-refractivity contribution in [3.63, 3.8) is 0 Å². The summed E-state index contributed by atoms with van der Waals surface area (Å²) in [6.07, 6.45) is 0.129. The van der Waals surface area contributed by atoms with Crippen molar-refractivity contribution in [2.24, 2.45) is 0 Å². The van der Waals surface area contributed by atoms with Gasteiger partial charge in [-0.1, -0.05) is 42.5 Å². The molecular formula is C21H27N3O3. The third-order valence-electron chi connectivity index (χ3n) is 5.17. The van der Waals surface area contributed by atoms with E-state index in [9.17, 15) is 9.59 Å². The summed E-state index contributed by atoms with van der Waals surface area (Å²) < 4.78 is 0. The van der Waals surface area contributed by atoms with E-state index in [4.69, 9.17) is 5.11 Å². The van der Waals surface area contributed by atoms with Gasteiger partial charge in [-0.05, 0) is 23.3 Å². The Labute approximate surface area is 159 Å². The lowest BCUT2D eigenvalue weighted by molar-refractivity contribution is -0.139. The van der Waals surface area contributed by atoms with Crippen LogP contribution in [0.5, 0.6) is 0 Å². The number of benzene rings is 2. The van der Waals surface area contributed by atoms with E-state index < -0.39 is 6.04 Å². The van der Waals surface area contributed by atoms with Crippen molar-refractivity contribution in [2.45, 2.75) is 25.9 Å². The summed E-state index contributed by atoms with van der Waals surface area (Å²) in [5.74, 6) is -0.202. The maximum absolute atomic E-state index is 12.6. The van der Waals surface area contributed by atoms with Gasteiger partial charge in [0.1, 0.15) is 0 Å². The van der Waals surface area contributed by atoms with Gasteiger partial charge in [0.25, 0.3) is 0 Å². The highest BCUT2D eigenvalue weighted by atomic mass is 16.3. The van der Waals surface area contributed by atoms with E-state index in [1.165, 1.54) is 10.8 Å². The maximum Gasteiger partial charge on any atom is 0.237 e. The van der Waals surface area contributed by atoms with Gasteiger partial charge in [-0.3, -0.25) is 14.5 Å². The number of carbonyl (C=O) groups excluding carboxylic acids is 2. The van der Waals surface area contributed by atoms with Gasteiger partial charge >= 0.3 is 0 Å². The molecular weight excluding hydrogens is 342 g/mol. The van der Waals surface area contributed by atoms with E-state index in [-0.39, 0.29) is 24.8 Å². The summed E-state index contributed by atoms with van der Waals surface area (Å²) in [6.45, 7) is 4.54. The Bertz CT molecular complexity index is 803.